The van der Waals surface area contributed by atoms with Crippen molar-refractivity contribution in [3.8, 4) is 5.75 Å². The Morgan fingerprint density at radius 2 is 1.60 bits per heavy atom. The molecule has 0 bridgehead atoms. The van der Waals surface area contributed by atoms with E-state index in [1.165, 1.54) is 4.90 Å². The Morgan fingerprint density at radius 1 is 1.00 bits per heavy atom. The van der Waals surface area contributed by atoms with Gasteiger partial charge in [-0.25, -0.2) is 0 Å². The Hall–Kier alpha value is -3.31. The maximum absolute atomic E-state index is 13.4. The van der Waals surface area contributed by atoms with Crippen molar-refractivity contribution in [1.29, 1.82) is 0 Å². The van der Waals surface area contributed by atoms with E-state index in [1.54, 1.807) is 55.6 Å². The summed E-state index contributed by atoms with van der Waals surface area (Å²) >= 11 is 6.03. The molecule has 3 aromatic carbocycles. The average Bonchev–Trinajstić information content (AvgIpc) is 2.75. The van der Waals surface area contributed by atoms with Gasteiger partial charge in [-0.1, -0.05) is 41.9 Å². The molecule has 0 radical (unpaired) electrons. The molecule has 1 unspecified atom stereocenters. The Bertz CT molecular complexity index is 1010. The highest BCUT2D eigenvalue weighted by Gasteiger charge is 2.29. The van der Waals surface area contributed by atoms with Gasteiger partial charge in [0.25, 0.3) is 5.91 Å². The molecule has 0 spiro atoms. The first-order chi connectivity index (χ1) is 14.4. The maximum atomic E-state index is 13.4. The quantitative estimate of drug-likeness (QED) is 0.525. The molecule has 6 heteroatoms. The molecule has 30 heavy (non-hydrogen) atoms. The van der Waals surface area contributed by atoms with E-state index < -0.39 is 6.04 Å². The van der Waals surface area contributed by atoms with Gasteiger partial charge in [0.15, 0.2) is 0 Å². The Kier molecular flexibility index (Phi) is 6.75. The first-order valence-electron chi connectivity index (χ1n) is 9.45. The second-order valence-electron chi connectivity index (χ2n) is 6.92. The van der Waals surface area contributed by atoms with Crippen LogP contribution in [-0.4, -0.2) is 19.4 Å². The molecule has 0 saturated heterocycles. The lowest BCUT2D eigenvalue weighted by Crippen LogP contribution is -2.37. The first-order valence-corrected chi connectivity index (χ1v) is 9.82. The van der Waals surface area contributed by atoms with E-state index in [-0.39, 0.29) is 5.91 Å². The minimum Gasteiger partial charge on any atom is -0.497 e. The molecule has 5 nitrogen and oxygen atoms in total. The molecular formula is C24H23ClN2O3. The monoisotopic (exact) mass is 422 g/mol. The fourth-order valence-electron chi connectivity index (χ4n) is 3.31. The van der Waals surface area contributed by atoms with E-state index in [0.717, 1.165) is 16.8 Å². The normalized spacial score (nSPS) is 11.5. The third-order valence-electron chi connectivity index (χ3n) is 4.93. The number of hydrogen-bond donors (Lipinski definition) is 1. The van der Waals surface area contributed by atoms with Crippen LogP contribution in [0.15, 0.2) is 66.7 Å². The van der Waals surface area contributed by atoms with Gasteiger partial charge in [0.05, 0.1) is 7.11 Å². The van der Waals surface area contributed by atoms with Crippen molar-refractivity contribution in [1.82, 2.24) is 0 Å². The molecule has 1 N–H and O–H groups in total. The standard InChI is InChI=1S/C24H23ClN2O3/c1-16-5-4-6-17(2)22(16)26-24(29)23(18-7-9-19(25)10-8-18)27(15-28)20-11-13-21(30-3)14-12-20/h4-15,23H,1-3H3,(H,26,29). The SMILES string of the molecule is COc1ccc(N(C=O)C(C(=O)Nc2c(C)cccc2C)c2ccc(Cl)cc2)cc1. The summed E-state index contributed by atoms with van der Waals surface area (Å²) in [5.74, 6) is 0.338. The van der Waals surface area contributed by atoms with Gasteiger partial charge < -0.3 is 10.1 Å². The number of methoxy groups -OCH3 is 1. The molecule has 0 aliphatic rings. The zero-order valence-electron chi connectivity index (χ0n) is 17.1. The molecule has 2 amide bonds. The number of ether oxygens (including phenoxy) is 1. The van der Waals surface area contributed by atoms with Gasteiger partial charge in [-0.3, -0.25) is 14.5 Å². The van der Waals surface area contributed by atoms with Crippen LogP contribution < -0.4 is 15.0 Å². The topological polar surface area (TPSA) is 58.6 Å². The summed E-state index contributed by atoms with van der Waals surface area (Å²) in [6.07, 6.45) is 0.658. The lowest BCUT2D eigenvalue weighted by Gasteiger charge is -2.28. The Labute approximate surface area is 181 Å². The molecule has 0 saturated carbocycles. The lowest BCUT2D eigenvalue weighted by atomic mass is 10.0. The third-order valence-corrected chi connectivity index (χ3v) is 5.18. The van der Waals surface area contributed by atoms with Gasteiger partial charge in [0, 0.05) is 16.4 Å². The van der Waals surface area contributed by atoms with Gasteiger partial charge in [-0.15, -0.1) is 0 Å². The van der Waals surface area contributed by atoms with Gasteiger partial charge in [-0.2, -0.15) is 0 Å². The predicted octanol–water partition coefficient (Wildman–Crippen LogP) is 5.31. The highest BCUT2D eigenvalue weighted by atomic mass is 35.5. The second-order valence-corrected chi connectivity index (χ2v) is 7.36. The largest absolute Gasteiger partial charge is 0.497 e. The van der Waals surface area contributed by atoms with E-state index in [4.69, 9.17) is 16.3 Å². The van der Waals surface area contributed by atoms with E-state index in [0.29, 0.717) is 28.4 Å². The number of anilines is 2. The molecule has 0 fully saturated rings. The van der Waals surface area contributed by atoms with Crippen molar-refractivity contribution in [3.05, 3.63) is 88.4 Å². The zero-order chi connectivity index (χ0) is 21.7. The molecule has 0 heterocycles. The molecule has 0 aliphatic carbocycles. The number of amides is 2. The van der Waals surface area contributed by atoms with Crippen LogP contribution in [0, 0.1) is 13.8 Å². The summed E-state index contributed by atoms with van der Waals surface area (Å²) in [4.78, 5) is 26.9. The predicted molar refractivity (Wildman–Crippen MR) is 120 cm³/mol. The van der Waals surface area contributed by atoms with Crippen LogP contribution in [-0.2, 0) is 9.59 Å². The van der Waals surface area contributed by atoms with Crippen molar-refractivity contribution in [2.24, 2.45) is 0 Å². The molecule has 3 rings (SSSR count). The number of halogens is 1. The number of para-hydroxylation sites is 1. The number of aryl methyl sites for hydroxylation is 2. The number of hydrogen-bond acceptors (Lipinski definition) is 3. The number of nitrogens with one attached hydrogen (secondary N) is 1. The van der Waals surface area contributed by atoms with Crippen LogP contribution in [0.5, 0.6) is 5.75 Å². The summed E-state index contributed by atoms with van der Waals surface area (Å²) in [6.45, 7) is 3.86. The van der Waals surface area contributed by atoms with Crippen LogP contribution in [0.4, 0.5) is 11.4 Å². The van der Waals surface area contributed by atoms with Crippen molar-refractivity contribution in [3.63, 3.8) is 0 Å². The fraction of sp³-hybridized carbons (Fsp3) is 0.167. The highest BCUT2D eigenvalue weighted by Crippen LogP contribution is 2.30. The minimum atomic E-state index is -0.882. The number of carbonyl (C=O) groups is 2. The molecule has 3 aromatic rings. The van der Waals surface area contributed by atoms with E-state index in [9.17, 15) is 9.59 Å². The fourth-order valence-corrected chi connectivity index (χ4v) is 3.44. The van der Waals surface area contributed by atoms with E-state index in [1.807, 2.05) is 32.0 Å². The maximum Gasteiger partial charge on any atom is 0.252 e. The van der Waals surface area contributed by atoms with Gasteiger partial charge in [-0.05, 0) is 66.9 Å². The number of benzene rings is 3. The summed E-state index contributed by atoms with van der Waals surface area (Å²) in [7, 11) is 1.57. The molecule has 154 valence electrons. The van der Waals surface area contributed by atoms with Crippen molar-refractivity contribution < 1.29 is 14.3 Å². The van der Waals surface area contributed by atoms with Crippen LogP contribution >= 0.6 is 11.6 Å². The van der Waals surface area contributed by atoms with Crippen molar-refractivity contribution in [2.45, 2.75) is 19.9 Å². The Morgan fingerprint density at radius 3 is 2.13 bits per heavy atom. The third kappa shape index (κ3) is 4.63. The lowest BCUT2D eigenvalue weighted by molar-refractivity contribution is -0.119. The smallest absolute Gasteiger partial charge is 0.252 e. The minimum absolute atomic E-state index is 0.322. The average molecular weight is 423 g/mol. The summed E-state index contributed by atoms with van der Waals surface area (Å²) in [5.41, 5.74) is 3.84. The molecule has 1 atom stereocenters. The van der Waals surface area contributed by atoms with Crippen LogP contribution in [0.3, 0.4) is 0 Å². The Balaban J connectivity index is 2.03. The summed E-state index contributed by atoms with van der Waals surface area (Å²) in [6, 6.07) is 18.8. The molecule has 0 aromatic heterocycles. The summed E-state index contributed by atoms with van der Waals surface area (Å²) < 4.78 is 5.19. The van der Waals surface area contributed by atoms with Crippen LogP contribution in [0.2, 0.25) is 5.02 Å². The molecular weight excluding hydrogens is 400 g/mol. The van der Waals surface area contributed by atoms with Crippen LogP contribution in [0.25, 0.3) is 0 Å². The molecule has 0 aliphatic heterocycles. The number of rotatable bonds is 7. The van der Waals surface area contributed by atoms with E-state index in [2.05, 4.69) is 5.32 Å². The van der Waals surface area contributed by atoms with Crippen molar-refractivity contribution >= 4 is 35.3 Å². The summed E-state index contributed by atoms with van der Waals surface area (Å²) in [5, 5.41) is 3.55. The van der Waals surface area contributed by atoms with Crippen molar-refractivity contribution in [2.75, 3.05) is 17.3 Å². The van der Waals surface area contributed by atoms with Gasteiger partial charge in [0.1, 0.15) is 11.8 Å². The number of nitrogens with zero attached hydrogens (tertiary/aromatic N) is 1. The van der Waals surface area contributed by atoms with E-state index >= 15 is 0 Å². The second kappa shape index (κ2) is 9.46. The first kappa shape index (κ1) is 21.4. The number of carbonyl (C=O) groups excluding carboxylic acids is 2. The van der Waals surface area contributed by atoms with Gasteiger partial charge in [0.2, 0.25) is 6.41 Å². The van der Waals surface area contributed by atoms with Gasteiger partial charge >= 0.3 is 0 Å². The zero-order valence-corrected chi connectivity index (χ0v) is 17.8. The highest BCUT2D eigenvalue weighted by molar-refractivity contribution is 6.30. The van der Waals surface area contributed by atoms with Crippen LogP contribution in [0.1, 0.15) is 22.7 Å².